The van der Waals surface area contributed by atoms with Gasteiger partial charge in [0.2, 0.25) is 17.8 Å². The van der Waals surface area contributed by atoms with Crippen molar-refractivity contribution < 1.29 is 14.5 Å². The van der Waals surface area contributed by atoms with Gasteiger partial charge < -0.3 is 26.3 Å². The highest BCUT2D eigenvalue weighted by atomic mass is 35.5. The second-order valence-electron chi connectivity index (χ2n) is 9.35. The molecule has 0 saturated heterocycles. The van der Waals surface area contributed by atoms with Crippen LogP contribution in [0.3, 0.4) is 0 Å². The van der Waals surface area contributed by atoms with E-state index in [0.717, 1.165) is 22.3 Å². The molecule has 5 aromatic rings. The van der Waals surface area contributed by atoms with Gasteiger partial charge in [-0.15, -0.1) is 11.8 Å². The van der Waals surface area contributed by atoms with Gasteiger partial charge in [0.25, 0.3) is 0 Å². The molecule has 0 saturated carbocycles. The third-order valence-electron chi connectivity index (χ3n) is 6.51. The molecular weight excluding hydrogens is 626 g/mol. The van der Waals surface area contributed by atoms with Crippen molar-refractivity contribution in [2.75, 3.05) is 28.3 Å². The number of nitro benzene ring substituents is 1. The summed E-state index contributed by atoms with van der Waals surface area (Å²) in [7, 11) is 1.61. The van der Waals surface area contributed by atoms with Gasteiger partial charge in [0.05, 0.1) is 43.5 Å². The van der Waals surface area contributed by atoms with E-state index in [1.807, 2.05) is 24.3 Å². The number of rotatable bonds is 9. The first kappa shape index (κ1) is 29.2. The third kappa shape index (κ3) is 5.97. The number of imidazole rings is 1. The van der Waals surface area contributed by atoms with Gasteiger partial charge in [-0.05, 0) is 36.4 Å². The maximum atomic E-state index is 13.1. The number of aromatic nitrogens is 4. The molecule has 0 aliphatic carbocycles. The molecule has 0 radical (unpaired) electrons. The minimum absolute atomic E-state index is 0.0717. The molecule has 222 valence electrons. The highest BCUT2D eigenvalue weighted by molar-refractivity contribution is 8.01. The first-order valence-electron chi connectivity index (χ1n) is 13.1. The van der Waals surface area contributed by atoms with Crippen molar-refractivity contribution >= 4 is 92.5 Å². The summed E-state index contributed by atoms with van der Waals surface area (Å²) >= 11 is 8.95. The highest BCUT2D eigenvalue weighted by Gasteiger charge is 2.29. The van der Waals surface area contributed by atoms with Crippen molar-refractivity contribution in [2.45, 2.75) is 26.5 Å². The smallest absolute Gasteiger partial charge is 0.306 e. The zero-order valence-corrected chi connectivity index (χ0v) is 25.1. The van der Waals surface area contributed by atoms with E-state index in [4.69, 9.17) is 11.6 Å². The Morgan fingerprint density at radius 2 is 1.91 bits per heavy atom. The third-order valence-corrected chi connectivity index (χ3v) is 9.14. The van der Waals surface area contributed by atoms with Crippen LogP contribution >= 0.6 is 35.1 Å². The molecule has 0 bridgehead atoms. The van der Waals surface area contributed by atoms with Gasteiger partial charge in [-0.1, -0.05) is 47.6 Å². The van der Waals surface area contributed by atoms with Gasteiger partial charge >= 0.3 is 5.69 Å². The van der Waals surface area contributed by atoms with Crippen LogP contribution < -0.4 is 21.3 Å². The number of para-hydroxylation sites is 3. The number of hydrogen-bond donors (Lipinski definition) is 5. The average Bonchev–Trinajstić information content (AvgIpc) is 3.48. The van der Waals surface area contributed by atoms with Crippen LogP contribution in [0.15, 0.2) is 81.8 Å². The van der Waals surface area contributed by atoms with E-state index in [-0.39, 0.29) is 34.9 Å². The fraction of sp³-hybridized carbons (Fsp3) is 0.107. The summed E-state index contributed by atoms with van der Waals surface area (Å²) in [5, 5.41) is 23.5. The zero-order chi connectivity index (χ0) is 30.8. The van der Waals surface area contributed by atoms with Crippen LogP contribution in [0.4, 0.5) is 34.4 Å². The number of carbonyl (C=O) groups is 2. The minimum Gasteiger partial charge on any atom is -0.383 e. The molecule has 1 unspecified atom stereocenters. The lowest BCUT2D eigenvalue weighted by molar-refractivity contribution is -0.386. The molecule has 1 aliphatic rings. The normalized spacial score (nSPS) is 14.0. The molecule has 2 amide bonds. The first-order valence-corrected chi connectivity index (χ1v) is 15.1. The molecule has 13 nitrogen and oxygen atoms in total. The van der Waals surface area contributed by atoms with Gasteiger partial charge in [0.1, 0.15) is 16.2 Å². The zero-order valence-electron chi connectivity index (χ0n) is 22.8. The van der Waals surface area contributed by atoms with E-state index < -0.39 is 10.2 Å². The largest absolute Gasteiger partial charge is 0.383 e. The van der Waals surface area contributed by atoms with Crippen LogP contribution in [-0.2, 0) is 9.59 Å². The van der Waals surface area contributed by atoms with E-state index in [1.165, 1.54) is 18.1 Å². The van der Waals surface area contributed by atoms with Crippen LogP contribution in [0, 0.1) is 10.1 Å². The Morgan fingerprint density at radius 3 is 2.73 bits per heavy atom. The number of amides is 2. The molecule has 16 heteroatoms. The number of thioether (sulfide) groups is 1. The number of nitro groups is 1. The van der Waals surface area contributed by atoms with E-state index in [0.29, 0.717) is 38.1 Å². The van der Waals surface area contributed by atoms with E-state index in [2.05, 4.69) is 41.2 Å². The number of H-pyrrole nitrogens is 1. The Hall–Kier alpha value is -4.86. The van der Waals surface area contributed by atoms with Crippen molar-refractivity contribution in [2.24, 2.45) is 0 Å². The fourth-order valence-corrected chi connectivity index (χ4v) is 6.85. The van der Waals surface area contributed by atoms with Crippen molar-refractivity contribution in [3.05, 3.63) is 82.1 Å². The lowest BCUT2D eigenvalue weighted by Gasteiger charge is -2.23. The number of halogens is 1. The van der Waals surface area contributed by atoms with Gasteiger partial charge in [-0.25, -0.2) is 9.97 Å². The molecule has 3 heterocycles. The molecule has 44 heavy (non-hydrogen) atoms. The Bertz CT molecular complexity index is 1940. The van der Waals surface area contributed by atoms with Crippen molar-refractivity contribution in [1.82, 2.24) is 19.9 Å². The van der Waals surface area contributed by atoms with Crippen LogP contribution in [0.25, 0.3) is 11.2 Å². The van der Waals surface area contributed by atoms with Crippen molar-refractivity contribution in [3.63, 3.8) is 0 Å². The van der Waals surface area contributed by atoms with Crippen LogP contribution in [0.1, 0.15) is 6.42 Å². The predicted molar refractivity (Wildman–Crippen MR) is 171 cm³/mol. The average molecular weight is 648 g/mol. The summed E-state index contributed by atoms with van der Waals surface area (Å²) < 4.78 is 0. The maximum Gasteiger partial charge on any atom is 0.306 e. The molecule has 2 aromatic heterocycles. The van der Waals surface area contributed by atoms with Gasteiger partial charge in [-0.2, -0.15) is 4.98 Å². The summed E-state index contributed by atoms with van der Waals surface area (Å²) in [6.45, 7) is 0. The molecule has 6 rings (SSSR count). The Morgan fingerprint density at radius 1 is 1.11 bits per heavy atom. The number of fused-ring (bicyclic) bond motifs is 2. The Labute approximate surface area is 263 Å². The van der Waals surface area contributed by atoms with Gasteiger partial charge in [-0.3, -0.25) is 19.7 Å². The molecule has 5 N–H and O–H groups in total. The van der Waals surface area contributed by atoms with Crippen molar-refractivity contribution in [1.29, 1.82) is 0 Å². The molecule has 0 spiro atoms. The lowest BCUT2D eigenvalue weighted by atomic mass is 10.2. The lowest BCUT2D eigenvalue weighted by Crippen LogP contribution is -2.32. The number of carbonyl (C=O) groups excluding carboxylic acids is 2. The standard InChI is InChI=1S/C28H22ClN9O4S2/c1-30-17-9-5-11-19(24(17)38(41)42)44-27-23-25(32-13-31-23)36-28(37-27)35-22-14(29)6-4-8-16(22)33-21(39)12-20-26(40)34-15-7-2-3-10-18(15)43-20/h2-11,13,20,30H,12H2,1H3,(H,33,39)(H,34,40)(H2,31,32,35,36,37). The highest BCUT2D eigenvalue weighted by Crippen LogP contribution is 2.41. The number of nitrogens with zero attached hydrogens (tertiary/aromatic N) is 4. The molecule has 1 aliphatic heterocycles. The summed E-state index contributed by atoms with van der Waals surface area (Å²) in [5.74, 6) is -0.541. The molecular formula is C28H22ClN9O4S2. The molecule has 1 atom stereocenters. The number of hydrogen-bond acceptors (Lipinski definition) is 11. The number of nitrogens with one attached hydrogen (secondary N) is 5. The van der Waals surface area contributed by atoms with Crippen LogP contribution in [-0.4, -0.2) is 49.0 Å². The van der Waals surface area contributed by atoms with E-state index in [9.17, 15) is 19.7 Å². The second kappa shape index (κ2) is 12.4. The summed E-state index contributed by atoms with van der Waals surface area (Å²) in [6.07, 6.45) is 1.38. The van der Waals surface area contributed by atoms with E-state index in [1.54, 1.807) is 43.4 Å². The number of benzene rings is 3. The second-order valence-corrected chi connectivity index (χ2v) is 12.0. The Kier molecular flexibility index (Phi) is 8.23. The number of aromatic amines is 1. The van der Waals surface area contributed by atoms with Crippen LogP contribution in [0.2, 0.25) is 5.02 Å². The van der Waals surface area contributed by atoms with Gasteiger partial charge in [0.15, 0.2) is 5.65 Å². The molecule has 3 aromatic carbocycles. The summed E-state index contributed by atoms with van der Waals surface area (Å²) in [6, 6.07) is 17.3. The molecule has 0 fully saturated rings. The first-order chi connectivity index (χ1) is 21.3. The quantitative estimate of drug-likeness (QED) is 0.0689. The fourth-order valence-electron chi connectivity index (χ4n) is 4.50. The maximum absolute atomic E-state index is 13.1. The Balaban J connectivity index is 1.26. The van der Waals surface area contributed by atoms with Crippen LogP contribution in [0.5, 0.6) is 0 Å². The topological polar surface area (TPSA) is 180 Å². The predicted octanol–water partition coefficient (Wildman–Crippen LogP) is 6.29. The SMILES string of the molecule is CNc1cccc(Sc2nc(Nc3c(Cl)cccc3NC(=O)CC3Sc4ccccc4NC3=O)nc3nc[nH]c23)c1[N+](=O)[O-]. The monoisotopic (exact) mass is 647 g/mol. The van der Waals surface area contributed by atoms with Crippen molar-refractivity contribution in [3.8, 4) is 0 Å². The van der Waals surface area contributed by atoms with E-state index >= 15 is 0 Å². The number of anilines is 5. The summed E-state index contributed by atoms with van der Waals surface area (Å²) in [5.41, 5.74) is 2.46. The minimum atomic E-state index is -0.615. The van der Waals surface area contributed by atoms with Gasteiger partial charge in [0, 0.05) is 18.4 Å². The summed E-state index contributed by atoms with van der Waals surface area (Å²) in [4.78, 5) is 54.7.